The zero-order chi connectivity index (χ0) is 14.7. The Kier molecular flexibility index (Phi) is 12.2. The Balaban J connectivity index is 4.64. The molecule has 0 saturated heterocycles. The molecule has 0 spiro atoms. The molecule has 2 N–H and O–H groups in total. The molecule has 0 aliphatic carbocycles. The van der Waals surface area contributed by atoms with Gasteiger partial charge in [-0.15, -0.1) is 34.8 Å². The van der Waals surface area contributed by atoms with Crippen molar-refractivity contribution in [2.75, 3.05) is 43.9 Å². The Labute approximate surface area is 130 Å². The summed E-state index contributed by atoms with van der Waals surface area (Å²) in [6.07, 6.45) is 0.00701. The second kappa shape index (κ2) is 11.6. The average Bonchev–Trinajstić information content (AvgIpc) is 2.35. The van der Waals surface area contributed by atoms with Crippen LogP contribution < -0.4 is 5.09 Å². The Morgan fingerprint density at radius 3 is 2.26 bits per heavy atom. The number of halogens is 3. The maximum Gasteiger partial charge on any atom is 0.343 e. The molecule has 0 saturated carbocycles. The fourth-order valence-electron chi connectivity index (χ4n) is 1.37. The summed E-state index contributed by atoms with van der Waals surface area (Å²) in [5, 5.41) is 12.1. The lowest BCUT2D eigenvalue weighted by molar-refractivity contribution is 0.184. The van der Waals surface area contributed by atoms with E-state index in [-0.39, 0.29) is 12.5 Å². The van der Waals surface area contributed by atoms with Gasteiger partial charge in [0.25, 0.3) is 0 Å². The van der Waals surface area contributed by atoms with Crippen LogP contribution in [0.15, 0.2) is 0 Å². The largest absolute Gasteiger partial charge is 0.393 e. The number of aliphatic hydroxyl groups is 1. The highest BCUT2D eigenvalue weighted by Gasteiger charge is 2.30. The van der Waals surface area contributed by atoms with Crippen molar-refractivity contribution >= 4 is 42.5 Å². The second-order valence-electron chi connectivity index (χ2n) is 3.92. The summed E-state index contributed by atoms with van der Waals surface area (Å²) in [6, 6.07) is 0. The SMILES string of the molecule is CC(O)CCNP(=O)(OCCCl)N(CCCl)CCCl. The van der Waals surface area contributed by atoms with Crippen molar-refractivity contribution < 1.29 is 14.2 Å². The van der Waals surface area contributed by atoms with E-state index >= 15 is 0 Å². The highest BCUT2D eigenvalue weighted by Crippen LogP contribution is 2.46. The number of nitrogens with zero attached hydrogens (tertiary/aromatic N) is 1. The van der Waals surface area contributed by atoms with Crippen LogP contribution in [-0.4, -0.2) is 59.8 Å². The van der Waals surface area contributed by atoms with Gasteiger partial charge in [-0.25, -0.2) is 9.76 Å². The van der Waals surface area contributed by atoms with Crippen LogP contribution in [0.5, 0.6) is 0 Å². The van der Waals surface area contributed by atoms with Gasteiger partial charge in [0, 0.05) is 37.3 Å². The van der Waals surface area contributed by atoms with Crippen LogP contribution >= 0.6 is 42.5 Å². The molecule has 0 aromatic carbocycles. The van der Waals surface area contributed by atoms with Crippen molar-refractivity contribution in [2.24, 2.45) is 0 Å². The van der Waals surface area contributed by atoms with Crippen molar-refractivity contribution in [2.45, 2.75) is 19.4 Å². The Morgan fingerprint density at radius 2 is 1.84 bits per heavy atom. The minimum Gasteiger partial charge on any atom is -0.393 e. The molecule has 0 fully saturated rings. The summed E-state index contributed by atoms with van der Waals surface area (Å²) in [7, 11) is -3.22. The standard InChI is InChI=1S/C10H22Cl3N2O3P/c1-10(16)2-6-14-19(17,18-9-5-13)15(7-3-11)8-4-12/h10,16H,2-9H2,1H3,(H,14,17). The Hall–Kier alpha value is 0.940. The van der Waals surface area contributed by atoms with E-state index in [1.807, 2.05) is 0 Å². The molecule has 0 radical (unpaired) electrons. The fraction of sp³-hybridized carbons (Fsp3) is 1.00. The van der Waals surface area contributed by atoms with Crippen LogP contribution in [0.4, 0.5) is 0 Å². The fourth-order valence-corrected chi connectivity index (χ4v) is 4.13. The number of nitrogens with one attached hydrogen (secondary N) is 1. The first-order valence-corrected chi connectivity index (χ1v) is 9.29. The zero-order valence-electron chi connectivity index (χ0n) is 11.0. The summed E-state index contributed by atoms with van der Waals surface area (Å²) in [4.78, 5) is 0. The topological polar surface area (TPSA) is 61.8 Å². The third-order valence-corrected chi connectivity index (χ3v) is 5.07. The first-order valence-electron chi connectivity index (χ1n) is 6.11. The molecule has 2 unspecified atom stereocenters. The summed E-state index contributed by atoms with van der Waals surface area (Å²) >= 11 is 17.0. The monoisotopic (exact) mass is 354 g/mol. The van der Waals surface area contributed by atoms with Crippen molar-refractivity contribution in [1.82, 2.24) is 9.76 Å². The molecular weight excluding hydrogens is 333 g/mol. The van der Waals surface area contributed by atoms with Gasteiger partial charge in [-0.05, 0) is 13.3 Å². The van der Waals surface area contributed by atoms with Crippen LogP contribution in [0.1, 0.15) is 13.3 Å². The van der Waals surface area contributed by atoms with Crippen LogP contribution in [0.2, 0.25) is 0 Å². The molecule has 0 aromatic rings. The predicted molar refractivity (Wildman–Crippen MR) is 81.6 cm³/mol. The van der Waals surface area contributed by atoms with E-state index in [0.29, 0.717) is 37.8 Å². The lowest BCUT2D eigenvalue weighted by atomic mass is 10.3. The van der Waals surface area contributed by atoms with E-state index in [2.05, 4.69) is 5.09 Å². The number of alkyl halides is 3. The van der Waals surface area contributed by atoms with Gasteiger partial charge < -0.3 is 9.63 Å². The molecule has 19 heavy (non-hydrogen) atoms. The van der Waals surface area contributed by atoms with Gasteiger partial charge >= 0.3 is 7.67 Å². The quantitative estimate of drug-likeness (QED) is 0.416. The molecule has 0 bridgehead atoms. The maximum absolute atomic E-state index is 12.8. The average molecular weight is 356 g/mol. The second-order valence-corrected chi connectivity index (χ2v) is 7.23. The van der Waals surface area contributed by atoms with E-state index < -0.39 is 13.8 Å². The smallest absolute Gasteiger partial charge is 0.343 e. The van der Waals surface area contributed by atoms with Crippen LogP contribution in [0.3, 0.4) is 0 Å². The predicted octanol–water partition coefficient (Wildman–Crippen LogP) is 2.49. The number of hydrogen-bond acceptors (Lipinski definition) is 3. The summed E-state index contributed by atoms with van der Waals surface area (Å²) < 4.78 is 19.7. The minimum atomic E-state index is -3.22. The molecule has 5 nitrogen and oxygen atoms in total. The summed E-state index contributed by atoms with van der Waals surface area (Å²) in [5.74, 6) is 0.893. The van der Waals surface area contributed by atoms with Crippen LogP contribution in [0.25, 0.3) is 0 Å². The van der Waals surface area contributed by atoms with Crippen molar-refractivity contribution in [3.8, 4) is 0 Å². The lowest BCUT2D eigenvalue weighted by Gasteiger charge is -2.30. The van der Waals surface area contributed by atoms with Gasteiger partial charge in [-0.1, -0.05) is 0 Å². The van der Waals surface area contributed by atoms with E-state index in [1.165, 1.54) is 0 Å². The van der Waals surface area contributed by atoms with Gasteiger partial charge in [0.05, 0.1) is 12.7 Å². The summed E-state index contributed by atoms with van der Waals surface area (Å²) in [6.45, 7) is 3.01. The van der Waals surface area contributed by atoms with E-state index in [9.17, 15) is 9.67 Å². The zero-order valence-corrected chi connectivity index (χ0v) is 14.2. The van der Waals surface area contributed by atoms with Gasteiger partial charge in [-0.3, -0.25) is 4.57 Å². The van der Waals surface area contributed by atoms with E-state index in [0.717, 1.165) is 0 Å². The summed E-state index contributed by atoms with van der Waals surface area (Å²) in [5.41, 5.74) is 0. The molecule has 116 valence electrons. The number of hydrogen-bond donors (Lipinski definition) is 2. The van der Waals surface area contributed by atoms with Gasteiger partial charge in [0.1, 0.15) is 0 Å². The number of rotatable bonds is 12. The third-order valence-electron chi connectivity index (χ3n) is 2.27. The Morgan fingerprint density at radius 1 is 1.26 bits per heavy atom. The minimum absolute atomic E-state index is 0.168. The third kappa shape index (κ3) is 8.74. The van der Waals surface area contributed by atoms with E-state index in [4.69, 9.17) is 39.3 Å². The molecule has 2 atom stereocenters. The van der Waals surface area contributed by atoms with Gasteiger partial charge in [0.2, 0.25) is 0 Å². The molecule has 0 aliphatic heterocycles. The maximum atomic E-state index is 12.8. The molecule has 0 aromatic heterocycles. The molecular formula is C10H22Cl3N2O3P. The molecule has 0 rings (SSSR count). The molecule has 9 heteroatoms. The normalized spacial score (nSPS) is 16.5. The van der Waals surface area contributed by atoms with Gasteiger partial charge in [-0.2, -0.15) is 0 Å². The van der Waals surface area contributed by atoms with Crippen molar-refractivity contribution in [3.63, 3.8) is 0 Å². The highest BCUT2D eigenvalue weighted by molar-refractivity contribution is 7.54. The molecule has 0 aliphatic rings. The first kappa shape index (κ1) is 19.9. The van der Waals surface area contributed by atoms with E-state index in [1.54, 1.807) is 11.6 Å². The highest BCUT2D eigenvalue weighted by atomic mass is 35.5. The van der Waals surface area contributed by atoms with Crippen LogP contribution in [-0.2, 0) is 9.09 Å². The first-order chi connectivity index (χ1) is 9.00. The number of aliphatic hydroxyl groups excluding tert-OH is 1. The lowest BCUT2D eigenvalue weighted by Crippen LogP contribution is -2.33. The Bertz CT molecular complexity index is 266. The van der Waals surface area contributed by atoms with Crippen LogP contribution in [0, 0.1) is 0 Å². The molecule has 0 heterocycles. The van der Waals surface area contributed by atoms with Crippen molar-refractivity contribution in [3.05, 3.63) is 0 Å². The molecule has 0 amide bonds. The van der Waals surface area contributed by atoms with Gasteiger partial charge in [0.15, 0.2) is 0 Å². The van der Waals surface area contributed by atoms with Crippen molar-refractivity contribution in [1.29, 1.82) is 0 Å².